The molecule has 0 radical (unpaired) electrons. The Morgan fingerprint density at radius 1 is 1.21 bits per heavy atom. The second-order valence-corrected chi connectivity index (χ2v) is 5.11. The monoisotopic (exact) mass is 271 g/mol. The maximum atomic E-state index is 11.4. The van der Waals surface area contributed by atoms with Crippen LogP contribution in [0, 0.1) is 5.92 Å². The van der Waals surface area contributed by atoms with Crippen molar-refractivity contribution in [1.29, 1.82) is 0 Å². The van der Waals surface area contributed by atoms with Crippen LogP contribution in [0.15, 0.2) is 0 Å². The van der Waals surface area contributed by atoms with Gasteiger partial charge in [0.05, 0.1) is 5.92 Å². The van der Waals surface area contributed by atoms with Crippen molar-refractivity contribution in [3.63, 3.8) is 0 Å². The molecule has 2 amide bonds. The van der Waals surface area contributed by atoms with E-state index in [0.29, 0.717) is 25.9 Å². The molecule has 3 N–H and O–H groups in total. The van der Waals surface area contributed by atoms with E-state index in [-0.39, 0.29) is 11.9 Å². The molecule has 0 aliphatic carbocycles. The van der Waals surface area contributed by atoms with E-state index in [1.807, 2.05) is 0 Å². The number of hydrogen-bond donors (Lipinski definition) is 3. The summed E-state index contributed by atoms with van der Waals surface area (Å²) in [6.45, 7) is 6.04. The molecule has 19 heavy (non-hydrogen) atoms. The zero-order valence-electron chi connectivity index (χ0n) is 11.7. The van der Waals surface area contributed by atoms with E-state index >= 15 is 0 Å². The first kappa shape index (κ1) is 15.8. The van der Waals surface area contributed by atoms with Gasteiger partial charge in [0, 0.05) is 19.6 Å². The van der Waals surface area contributed by atoms with E-state index in [4.69, 9.17) is 5.11 Å². The Morgan fingerprint density at radius 3 is 2.47 bits per heavy atom. The van der Waals surface area contributed by atoms with Crippen LogP contribution < -0.4 is 10.6 Å². The highest BCUT2D eigenvalue weighted by Gasteiger charge is 2.11. The molecule has 1 heterocycles. The van der Waals surface area contributed by atoms with Gasteiger partial charge in [-0.2, -0.15) is 0 Å². The number of amides is 2. The van der Waals surface area contributed by atoms with Gasteiger partial charge in [-0.25, -0.2) is 4.79 Å². The maximum Gasteiger partial charge on any atom is 0.314 e. The van der Waals surface area contributed by atoms with Crippen molar-refractivity contribution in [3.8, 4) is 0 Å². The Bertz CT molecular complexity index is 291. The predicted molar refractivity (Wildman–Crippen MR) is 73.1 cm³/mol. The normalized spacial score (nSPS) is 17.1. The fraction of sp³-hybridized carbons (Fsp3) is 0.846. The first-order valence-corrected chi connectivity index (χ1v) is 7.06. The lowest BCUT2D eigenvalue weighted by molar-refractivity contribution is -0.141. The highest BCUT2D eigenvalue weighted by atomic mass is 16.4. The van der Waals surface area contributed by atoms with Gasteiger partial charge in [0.15, 0.2) is 0 Å². The number of hydrogen-bond acceptors (Lipinski definition) is 3. The Hall–Kier alpha value is -1.30. The number of carboxylic acid groups (broad SMARTS) is 1. The molecule has 6 heteroatoms. The third-order valence-corrected chi connectivity index (χ3v) is 3.43. The summed E-state index contributed by atoms with van der Waals surface area (Å²) in [4.78, 5) is 24.4. The molecular formula is C13H25N3O3. The number of nitrogens with one attached hydrogen (secondary N) is 2. The summed E-state index contributed by atoms with van der Waals surface area (Å²) in [6, 6.07) is -0.165. The van der Waals surface area contributed by atoms with Crippen LogP contribution in [0.1, 0.15) is 32.6 Å². The van der Waals surface area contributed by atoms with Gasteiger partial charge in [0.1, 0.15) is 0 Å². The SMILES string of the molecule is CC(CCCNC(=O)NCCN1CCCC1)C(=O)O. The number of urea groups is 1. The lowest BCUT2D eigenvalue weighted by Gasteiger charge is -2.15. The van der Waals surface area contributed by atoms with E-state index < -0.39 is 5.97 Å². The molecule has 1 aliphatic heterocycles. The number of carbonyl (C=O) groups excluding carboxylic acids is 1. The number of carbonyl (C=O) groups is 2. The first-order chi connectivity index (χ1) is 9.09. The van der Waals surface area contributed by atoms with Crippen molar-refractivity contribution >= 4 is 12.0 Å². The second kappa shape index (κ2) is 8.74. The van der Waals surface area contributed by atoms with Crippen molar-refractivity contribution < 1.29 is 14.7 Å². The van der Waals surface area contributed by atoms with Gasteiger partial charge in [0.25, 0.3) is 0 Å². The molecule has 6 nitrogen and oxygen atoms in total. The van der Waals surface area contributed by atoms with Crippen LogP contribution in [0.4, 0.5) is 4.79 Å². The third kappa shape index (κ3) is 7.00. The minimum absolute atomic E-state index is 0.165. The van der Waals surface area contributed by atoms with E-state index in [0.717, 1.165) is 19.6 Å². The molecular weight excluding hydrogens is 246 g/mol. The van der Waals surface area contributed by atoms with Crippen LogP contribution in [0.5, 0.6) is 0 Å². The average molecular weight is 271 g/mol. The van der Waals surface area contributed by atoms with Crippen LogP contribution in [-0.4, -0.2) is 54.7 Å². The largest absolute Gasteiger partial charge is 0.481 e. The number of rotatable bonds is 8. The van der Waals surface area contributed by atoms with Crippen LogP contribution in [0.25, 0.3) is 0 Å². The summed E-state index contributed by atoms with van der Waals surface area (Å²) in [5, 5.41) is 14.3. The summed E-state index contributed by atoms with van der Waals surface area (Å²) < 4.78 is 0. The molecule has 1 aliphatic rings. The molecule has 1 rings (SSSR count). The Balaban J connectivity index is 1.94. The van der Waals surface area contributed by atoms with Crippen LogP contribution in [0.2, 0.25) is 0 Å². The van der Waals surface area contributed by atoms with Crippen molar-refractivity contribution in [2.75, 3.05) is 32.7 Å². The Kier molecular flexibility index (Phi) is 7.25. The zero-order valence-corrected chi connectivity index (χ0v) is 11.7. The molecule has 0 aromatic heterocycles. The van der Waals surface area contributed by atoms with Crippen LogP contribution in [-0.2, 0) is 4.79 Å². The van der Waals surface area contributed by atoms with Crippen molar-refractivity contribution in [2.24, 2.45) is 5.92 Å². The summed E-state index contributed by atoms with van der Waals surface area (Å²) >= 11 is 0. The molecule has 0 aromatic carbocycles. The average Bonchev–Trinajstić information content (AvgIpc) is 2.87. The fourth-order valence-corrected chi connectivity index (χ4v) is 2.13. The summed E-state index contributed by atoms with van der Waals surface area (Å²) in [6.07, 6.45) is 3.79. The standard InChI is InChI=1S/C13H25N3O3/c1-11(12(17)18)5-4-6-14-13(19)15-7-10-16-8-2-3-9-16/h11H,2-10H2,1H3,(H,17,18)(H2,14,15,19). The quantitative estimate of drug-likeness (QED) is 0.572. The molecule has 0 aromatic rings. The van der Waals surface area contributed by atoms with Gasteiger partial charge >= 0.3 is 12.0 Å². The number of aliphatic carboxylic acids is 1. The molecule has 1 unspecified atom stereocenters. The zero-order chi connectivity index (χ0) is 14.1. The lowest BCUT2D eigenvalue weighted by atomic mass is 10.1. The van der Waals surface area contributed by atoms with Gasteiger partial charge in [0.2, 0.25) is 0 Å². The summed E-state index contributed by atoms with van der Waals surface area (Å²) in [5.41, 5.74) is 0. The molecule has 0 spiro atoms. The van der Waals surface area contributed by atoms with E-state index in [1.54, 1.807) is 6.92 Å². The molecule has 0 bridgehead atoms. The summed E-state index contributed by atoms with van der Waals surface area (Å²) in [7, 11) is 0. The molecule has 110 valence electrons. The second-order valence-electron chi connectivity index (χ2n) is 5.11. The van der Waals surface area contributed by atoms with Gasteiger partial charge in [-0.15, -0.1) is 0 Å². The van der Waals surface area contributed by atoms with Crippen LogP contribution >= 0.6 is 0 Å². The minimum atomic E-state index is -0.782. The minimum Gasteiger partial charge on any atom is -0.481 e. The van der Waals surface area contributed by atoms with Crippen molar-refractivity contribution in [2.45, 2.75) is 32.6 Å². The van der Waals surface area contributed by atoms with Crippen molar-refractivity contribution in [3.05, 3.63) is 0 Å². The highest BCUT2D eigenvalue weighted by molar-refractivity contribution is 5.73. The lowest BCUT2D eigenvalue weighted by Crippen LogP contribution is -2.40. The first-order valence-electron chi connectivity index (χ1n) is 7.06. The van der Waals surface area contributed by atoms with Crippen molar-refractivity contribution in [1.82, 2.24) is 15.5 Å². The predicted octanol–water partition coefficient (Wildman–Crippen LogP) is 0.882. The van der Waals surface area contributed by atoms with Gasteiger partial charge in [-0.1, -0.05) is 6.92 Å². The molecule has 0 saturated carbocycles. The third-order valence-electron chi connectivity index (χ3n) is 3.43. The van der Waals surface area contributed by atoms with Gasteiger partial charge in [-0.05, 0) is 38.8 Å². The van der Waals surface area contributed by atoms with Crippen LogP contribution in [0.3, 0.4) is 0 Å². The highest BCUT2D eigenvalue weighted by Crippen LogP contribution is 2.05. The molecule has 1 atom stereocenters. The van der Waals surface area contributed by atoms with E-state index in [1.165, 1.54) is 12.8 Å². The van der Waals surface area contributed by atoms with Gasteiger partial charge < -0.3 is 20.6 Å². The Labute approximate surface area is 114 Å². The maximum absolute atomic E-state index is 11.4. The molecule has 1 fully saturated rings. The van der Waals surface area contributed by atoms with E-state index in [9.17, 15) is 9.59 Å². The fourth-order valence-electron chi connectivity index (χ4n) is 2.13. The number of likely N-dealkylation sites (tertiary alicyclic amines) is 1. The smallest absolute Gasteiger partial charge is 0.314 e. The summed E-state index contributed by atoms with van der Waals surface area (Å²) in [5.74, 6) is -1.13. The van der Waals surface area contributed by atoms with Gasteiger partial charge in [-0.3, -0.25) is 4.79 Å². The number of carboxylic acids is 1. The number of nitrogens with zero attached hydrogens (tertiary/aromatic N) is 1. The Morgan fingerprint density at radius 2 is 1.84 bits per heavy atom. The molecule has 1 saturated heterocycles. The topological polar surface area (TPSA) is 81.7 Å². The van der Waals surface area contributed by atoms with E-state index in [2.05, 4.69) is 15.5 Å².